The highest BCUT2D eigenvalue weighted by Crippen LogP contribution is 2.31. The first-order chi connectivity index (χ1) is 7.52. The van der Waals surface area contributed by atoms with Crippen molar-refractivity contribution < 1.29 is 9.90 Å². The predicted molar refractivity (Wildman–Crippen MR) is 65.0 cm³/mol. The number of Topliss-reactive ketones (excluding diaryl/α,β-unsaturated/α-hetero) is 1. The molecule has 0 saturated heterocycles. The third-order valence-electron chi connectivity index (χ3n) is 2.76. The number of phenolic OH excluding ortho intramolecular Hbond substituents is 1. The summed E-state index contributed by atoms with van der Waals surface area (Å²) in [6, 6.07) is 3.78. The van der Waals surface area contributed by atoms with Gasteiger partial charge in [-0.3, -0.25) is 4.79 Å². The van der Waals surface area contributed by atoms with Crippen LogP contribution in [0.1, 0.15) is 48.2 Å². The van der Waals surface area contributed by atoms with Gasteiger partial charge in [-0.1, -0.05) is 32.9 Å². The summed E-state index contributed by atoms with van der Waals surface area (Å²) in [6.07, 6.45) is 0.703. The normalized spacial score (nSPS) is 10.8. The first kappa shape index (κ1) is 12.7. The van der Waals surface area contributed by atoms with Crippen molar-refractivity contribution in [2.24, 2.45) is 5.73 Å². The summed E-state index contributed by atoms with van der Waals surface area (Å²) in [5.74, 6) is 0.1000. The number of nitrogens with two attached hydrogens (primary N) is 1. The second-order valence-corrected chi connectivity index (χ2v) is 4.17. The van der Waals surface area contributed by atoms with Gasteiger partial charge in [-0.2, -0.15) is 0 Å². The molecule has 0 saturated carbocycles. The zero-order valence-corrected chi connectivity index (χ0v) is 10.1. The third-order valence-corrected chi connectivity index (χ3v) is 2.76. The van der Waals surface area contributed by atoms with Crippen LogP contribution in [0.15, 0.2) is 12.1 Å². The van der Waals surface area contributed by atoms with Gasteiger partial charge in [0.25, 0.3) is 0 Å². The Morgan fingerprint density at radius 1 is 1.44 bits per heavy atom. The Bertz CT molecular complexity index is 397. The van der Waals surface area contributed by atoms with E-state index in [4.69, 9.17) is 5.73 Å². The van der Waals surface area contributed by atoms with Crippen LogP contribution in [0.2, 0.25) is 0 Å². The van der Waals surface area contributed by atoms with Crippen LogP contribution in [0.4, 0.5) is 0 Å². The molecule has 3 N–H and O–H groups in total. The molecule has 0 spiro atoms. The van der Waals surface area contributed by atoms with Crippen LogP contribution in [-0.4, -0.2) is 17.4 Å². The second-order valence-electron chi connectivity index (χ2n) is 4.17. The molecular formula is C13H19NO2. The van der Waals surface area contributed by atoms with Crippen molar-refractivity contribution in [1.82, 2.24) is 0 Å². The van der Waals surface area contributed by atoms with Gasteiger partial charge in [0.1, 0.15) is 5.75 Å². The molecule has 88 valence electrons. The lowest BCUT2D eigenvalue weighted by molar-refractivity contribution is 0.0997. The van der Waals surface area contributed by atoms with Crippen molar-refractivity contribution in [2.45, 2.75) is 33.1 Å². The number of phenols is 1. The number of carbonyl (C=O) groups is 1. The maximum absolute atomic E-state index is 11.7. The molecule has 0 aromatic heterocycles. The lowest BCUT2D eigenvalue weighted by Crippen LogP contribution is -2.16. The van der Waals surface area contributed by atoms with Gasteiger partial charge in [0, 0.05) is 0 Å². The molecule has 1 aromatic carbocycles. The highest BCUT2D eigenvalue weighted by Gasteiger charge is 2.19. The Labute approximate surface area is 96.3 Å². The van der Waals surface area contributed by atoms with Crippen molar-refractivity contribution in [3.63, 3.8) is 0 Å². The van der Waals surface area contributed by atoms with E-state index in [0.717, 1.165) is 11.1 Å². The molecule has 0 radical (unpaired) electrons. The Morgan fingerprint density at radius 3 is 2.50 bits per heavy atom. The predicted octanol–water partition coefficient (Wildman–Crippen LogP) is 2.22. The highest BCUT2D eigenvalue weighted by molar-refractivity contribution is 6.01. The smallest absolute Gasteiger partial charge is 0.180 e. The van der Waals surface area contributed by atoms with Crippen LogP contribution >= 0.6 is 0 Å². The zero-order chi connectivity index (χ0) is 12.3. The molecule has 0 amide bonds. The molecule has 0 aliphatic carbocycles. The molecule has 3 heteroatoms. The minimum absolute atomic E-state index is 0.0690. The van der Waals surface area contributed by atoms with E-state index in [-0.39, 0.29) is 24.0 Å². The van der Waals surface area contributed by atoms with Crippen molar-refractivity contribution >= 4 is 5.78 Å². The standard InChI is InChI=1S/C13H19NO2/c1-4-9-5-6-10(8(2)3)12(13(9)16)11(15)7-14/h5-6,8,16H,4,7,14H2,1-3H3. The van der Waals surface area contributed by atoms with E-state index in [9.17, 15) is 9.90 Å². The van der Waals surface area contributed by atoms with Crippen molar-refractivity contribution in [1.29, 1.82) is 0 Å². The summed E-state index contributed by atoms with van der Waals surface area (Å²) < 4.78 is 0. The van der Waals surface area contributed by atoms with Gasteiger partial charge in [0.2, 0.25) is 0 Å². The number of carbonyl (C=O) groups excluding carboxylic acids is 1. The van der Waals surface area contributed by atoms with Crippen molar-refractivity contribution in [3.05, 3.63) is 28.8 Å². The Morgan fingerprint density at radius 2 is 2.06 bits per heavy atom. The summed E-state index contributed by atoms with van der Waals surface area (Å²) in [4.78, 5) is 11.7. The van der Waals surface area contributed by atoms with Gasteiger partial charge in [0.15, 0.2) is 5.78 Å². The maximum atomic E-state index is 11.7. The summed E-state index contributed by atoms with van der Waals surface area (Å²) in [5, 5.41) is 10.0. The van der Waals surface area contributed by atoms with E-state index in [1.807, 2.05) is 32.9 Å². The minimum Gasteiger partial charge on any atom is -0.507 e. The molecule has 3 nitrogen and oxygen atoms in total. The Hall–Kier alpha value is -1.35. The van der Waals surface area contributed by atoms with E-state index in [1.165, 1.54) is 0 Å². The first-order valence-corrected chi connectivity index (χ1v) is 5.60. The largest absolute Gasteiger partial charge is 0.507 e. The molecule has 0 fully saturated rings. The maximum Gasteiger partial charge on any atom is 0.180 e. The first-order valence-electron chi connectivity index (χ1n) is 5.60. The molecule has 0 aliphatic rings. The summed E-state index contributed by atoms with van der Waals surface area (Å²) in [7, 11) is 0. The topological polar surface area (TPSA) is 63.3 Å². The van der Waals surface area contributed by atoms with E-state index in [1.54, 1.807) is 0 Å². The molecule has 0 heterocycles. The van der Waals surface area contributed by atoms with Crippen LogP contribution in [-0.2, 0) is 6.42 Å². The zero-order valence-electron chi connectivity index (χ0n) is 10.1. The number of ketones is 1. The number of aromatic hydroxyl groups is 1. The summed E-state index contributed by atoms with van der Waals surface area (Å²) >= 11 is 0. The second kappa shape index (κ2) is 5.12. The molecular weight excluding hydrogens is 202 g/mol. The lowest BCUT2D eigenvalue weighted by Gasteiger charge is -2.15. The molecule has 0 atom stereocenters. The van der Waals surface area contributed by atoms with E-state index >= 15 is 0 Å². The minimum atomic E-state index is -0.198. The fraction of sp³-hybridized carbons (Fsp3) is 0.462. The van der Waals surface area contributed by atoms with Gasteiger partial charge in [-0.25, -0.2) is 0 Å². The highest BCUT2D eigenvalue weighted by atomic mass is 16.3. The van der Waals surface area contributed by atoms with E-state index in [2.05, 4.69) is 0 Å². The molecule has 0 aliphatic heterocycles. The number of rotatable bonds is 4. The molecule has 1 aromatic rings. The average Bonchev–Trinajstić information content (AvgIpc) is 2.27. The Kier molecular flexibility index (Phi) is 4.07. The average molecular weight is 221 g/mol. The molecule has 0 unspecified atom stereocenters. The fourth-order valence-electron chi connectivity index (χ4n) is 1.81. The monoisotopic (exact) mass is 221 g/mol. The quantitative estimate of drug-likeness (QED) is 0.766. The van der Waals surface area contributed by atoms with Crippen LogP contribution in [0, 0.1) is 0 Å². The molecule has 16 heavy (non-hydrogen) atoms. The number of hydrogen-bond donors (Lipinski definition) is 2. The summed E-state index contributed by atoms with van der Waals surface area (Å²) in [6.45, 7) is 5.86. The van der Waals surface area contributed by atoms with E-state index < -0.39 is 0 Å². The van der Waals surface area contributed by atoms with Crippen LogP contribution in [0.3, 0.4) is 0 Å². The Balaban J connectivity index is 3.42. The summed E-state index contributed by atoms with van der Waals surface area (Å²) in [5.41, 5.74) is 7.43. The molecule has 1 rings (SSSR count). The number of aryl methyl sites for hydroxylation is 1. The van der Waals surface area contributed by atoms with Gasteiger partial charge < -0.3 is 10.8 Å². The third kappa shape index (κ3) is 2.25. The number of hydrogen-bond acceptors (Lipinski definition) is 3. The molecule has 0 bridgehead atoms. The fourth-order valence-corrected chi connectivity index (χ4v) is 1.81. The van der Waals surface area contributed by atoms with Gasteiger partial charge in [0.05, 0.1) is 12.1 Å². The van der Waals surface area contributed by atoms with Crippen molar-refractivity contribution in [3.8, 4) is 5.75 Å². The van der Waals surface area contributed by atoms with Gasteiger partial charge in [-0.15, -0.1) is 0 Å². The lowest BCUT2D eigenvalue weighted by atomic mass is 9.91. The van der Waals surface area contributed by atoms with Crippen LogP contribution < -0.4 is 5.73 Å². The SMILES string of the molecule is CCc1ccc(C(C)C)c(C(=O)CN)c1O. The van der Waals surface area contributed by atoms with E-state index in [0.29, 0.717) is 12.0 Å². The van der Waals surface area contributed by atoms with Crippen molar-refractivity contribution in [2.75, 3.05) is 6.54 Å². The van der Waals surface area contributed by atoms with Crippen LogP contribution in [0.5, 0.6) is 5.75 Å². The van der Waals surface area contributed by atoms with Gasteiger partial charge in [-0.05, 0) is 23.5 Å². The van der Waals surface area contributed by atoms with Crippen LogP contribution in [0.25, 0.3) is 0 Å². The van der Waals surface area contributed by atoms with Gasteiger partial charge >= 0.3 is 0 Å². The number of benzene rings is 1.